The van der Waals surface area contributed by atoms with Gasteiger partial charge in [-0.05, 0) is 35.5 Å². The molecule has 122 valence electrons. The normalized spacial score (nSPS) is 13.9. The molecule has 25 heavy (non-hydrogen) atoms. The quantitative estimate of drug-likeness (QED) is 0.610. The largest absolute Gasteiger partial charge is 0.402 e. The fourth-order valence-corrected chi connectivity index (χ4v) is 4.12. The molecular weight excluding hydrogens is 321 g/mol. The van der Waals surface area contributed by atoms with E-state index in [1.54, 1.807) is 0 Å². The Hall–Kier alpha value is -2.52. The first-order valence-corrected chi connectivity index (χ1v) is 9.49. The lowest BCUT2D eigenvalue weighted by Crippen LogP contribution is -2.47. The van der Waals surface area contributed by atoms with Crippen LogP contribution in [0.15, 0.2) is 90.2 Å². The minimum atomic E-state index is 0.253. The van der Waals surface area contributed by atoms with Gasteiger partial charge in [0.2, 0.25) is 0 Å². The Morgan fingerprint density at radius 1 is 0.920 bits per heavy atom. The van der Waals surface area contributed by atoms with Crippen LogP contribution < -0.4 is 5.46 Å². The van der Waals surface area contributed by atoms with Crippen molar-refractivity contribution in [1.82, 2.24) is 4.81 Å². The van der Waals surface area contributed by atoms with Gasteiger partial charge >= 0.3 is 6.85 Å². The van der Waals surface area contributed by atoms with Crippen molar-refractivity contribution in [2.45, 2.75) is 13.5 Å². The van der Waals surface area contributed by atoms with Crippen LogP contribution in [-0.4, -0.2) is 11.7 Å². The highest BCUT2D eigenvalue weighted by Crippen LogP contribution is 2.27. The second kappa shape index (κ2) is 7.16. The second-order valence-electron chi connectivity index (χ2n) is 6.31. The third-order valence-electron chi connectivity index (χ3n) is 4.68. The predicted octanol–water partition coefficient (Wildman–Crippen LogP) is 4.91. The Labute approximate surface area is 154 Å². The first-order valence-electron chi connectivity index (χ1n) is 8.61. The number of benzene rings is 2. The van der Waals surface area contributed by atoms with Crippen molar-refractivity contribution in [3.63, 3.8) is 0 Å². The van der Waals surface area contributed by atoms with Gasteiger partial charge in [-0.1, -0.05) is 78.3 Å². The van der Waals surface area contributed by atoms with E-state index >= 15 is 0 Å². The zero-order chi connectivity index (χ0) is 17.1. The van der Waals surface area contributed by atoms with Gasteiger partial charge in [-0.3, -0.25) is 0 Å². The molecule has 1 aromatic heterocycles. The van der Waals surface area contributed by atoms with Crippen LogP contribution in [0.3, 0.4) is 0 Å². The summed E-state index contributed by atoms with van der Waals surface area (Å²) in [5, 5.41) is 2.16. The minimum absolute atomic E-state index is 0.253. The first kappa shape index (κ1) is 16.0. The van der Waals surface area contributed by atoms with E-state index in [2.05, 4.69) is 102 Å². The third kappa shape index (κ3) is 3.33. The van der Waals surface area contributed by atoms with E-state index in [-0.39, 0.29) is 6.85 Å². The van der Waals surface area contributed by atoms with Crippen molar-refractivity contribution in [2.24, 2.45) is 0 Å². The molecule has 1 aliphatic heterocycles. The van der Waals surface area contributed by atoms with Crippen LogP contribution in [0.5, 0.6) is 0 Å². The standard InChI is InChI=1S/C22H20BNS/c1-18-9-5-6-13-21(18)23-15-7-14-22(19-10-3-2-4-11-19)24(23)17-20-12-8-16-25-20/h2-16H,17H2,1H3. The summed E-state index contributed by atoms with van der Waals surface area (Å²) in [4.78, 5) is 3.90. The summed E-state index contributed by atoms with van der Waals surface area (Å²) in [6, 6.07) is 23.7. The molecule has 4 rings (SSSR count). The maximum atomic E-state index is 2.52. The van der Waals surface area contributed by atoms with Crippen LogP contribution in [0.4, 0.5) is 0 Å². The van der Waals surface area contributed by atoms with E-state index in [0.29, 0.717) is 0 Å². The van der Waals surface area contributed by atoms with Crippen LogP contribution in [0.2, 0.25) is 0 Å². The van der Waals surface area contributed by atoms with Crippen molar-refractivity contribution < 1.29 is 0 Å². The third-order valence-corrected chi connectivity index (χ3v) is 5.54. The van der Waals surface area contributed by atoms with Crippen LogP contribution in [-0.2, 0) is 6.54 Å². The Kier molecular flexibility index (Phi) is 4.58. The van der Waals surface area contributed by atoms with Crippen molar-refractivity contribution in [3.8, 4) is 0 Å². The van der Waals surface area contributed by atoms with Gasteiger partial charge in [-0.2, -0.15) is 0 Å². The smallest absolute Gasteiger partial charge is 0.316 e. The molecule has 0 unspecified atom stereocenters. The summed E-state index contributed by atoms with van der Waals surface area (Å²) >= 11 is 1.82. The summed E-state index contributed by atoms with van der Waals surface area (Å²) < 4.78 is 0. The van der Waals surface area contributed by atoms with E-state index in [4.69, 9.17) is 0 Å². The molecule has 2 heterocycles. The van der Waals surface area contributed by atoms with Gasteiger partial charge < -0.3 is 4.81 Å². The van der Waals surface area contributed by atoms with Gasteiger partial charge in [-0.15, -0.1) is 11.3 Å². The van der Waals surface area contributed by atoms with Gasteiger partial charge in [0.15, 0.2) is 0 Å². The summed E-state index contributed by atoms with van der Waals surface area (Å²) in [6.07, 6.45) is 4.43. The lowest BCUT2D eigenvalue weighted by Gasteiger charge is -2.35. The summed E-state index contributed by atoms with van der Waals surface area (Å²) in [5.41, 5.74) is 5.26. The van der Waals surface area contributed by atoms with Crippen molar-refractivity contribution in [2.75, 3.05) is 0 Å². The molecule has 0 radical (unpaired) electrons. The Bertz CT molecular complexity index is 897. The van der Waals surface area contributed by atoms with E-state index in [1.165, 1.54) is 27.2 Å². The molecule has 0 N–H and O–H groups in total. The molecule has 1 nitrogen and oxygen atoms in total. The van der Waals surface area contributed by atoms with Gasteiger partial charge in [0, 0.05) is 17.1 Å². The van der Waals surface area contributed by atoms with Crippen molar-refractivity contribution in [3.05, 3.63) is 106 Å². The number of allylic oxidation sites excluding steroid dienone is 2. The molecule has 0 saturated carbocycles. The molecule has 0 aliphatic carbocycles. The fourth-order valence-electron chi connectivity index (χ4n) is 3.42. The number of hydrogen-bond acceptors (Lipinski definition) is 2. The molecule has 0 fully saturated rings. The molecule has 0 atom stereocenters. The van der Waals surface area contributed by atoms with E-state index in [9.17, 15) is 0 Å². The van der Waals surface area contributed by atoms with Crippen LogP contribution in [0.25, 0.3) is 5.70 Å². The minimum Gasteiger partial charge on any atom is -0.402 e. The topological polar surface area (TPSA) is 3.24 Å². The van der Waals surface area contributed by atoms with Gasteiger partial charge in [0.1, 0.15) is 0 Å². The summed E-state index contributed by atoms with van der Waals surface area (Å²) in [6.45, 7) is 3.37. The molecule has 0 amide bonds. The fraction of sp³-hybridized carbons (Fsp3) is 0.0909. The highest BCUT2D eigenvalue weighted by molar-refractivity contribution is 7.09. The molecule has 0 saturated heterocycles. The Balaban J connectivity index is 1.77. The number of aryl methyl sites for hydroxylation is 1. The van der Waals surface area contributed by atoms with E-state index in [1.807, 2.05) is 11.3 Å². The summed E-state index contributed by atoms with van der Waals surface area (Å²) in [7, 11) is 0. The van der Waals surface area contributed by atoms with Crippen molar-refractivity contribution >= 4 is 29.3 Å². The van der Waals surface area contributed by atoms with Gasteiger partial charge in [-0.25, -0.2) is 0 Å². The molecule has 0 bridgehead atoms. The first-order chi connectivity index (χ1) is 12.3. The average molecular weight is 341 g/mol. The predicted molar refractivity (Wildman–Crippen MR) is 110 cm³/mol. The average Bonchev–Trinajstić information content (AvgIpc) is 3.16. The highest BCUT2D eigenvalue weighted by Gasteiger charge is 2.29. The van der Waals surface area contributed by atoms with Crippen molar-refractivity contribution in [1.29, 1.82) is 0 Å². The maximum absolute atomic E-state index is 2.52. The van der Waals surface area contributed by atoms with Crippen LogP contribution >= 0.6 is 11.3 Å². The van der Waals surface area contributed by atoms with Crippen LogP contribution in [0, 0.1) is 6.92 Å². The van der Waals surface area contributed by atoms with Gasteiger partial charge in [0.25, 0.3) is 0 Å². The molecule has 2 aromatic carbocycles. The molecule has 1 aliphatic rings. The molecule has 3 heteroatoms. The number of rotatable bonds is 4. The zero-order valence-electron chi connectivity index (χ0n) is 14.3. The SMILES string of the molecule is Cc1ccccc1B1C=CC=C(c2ccccc2)N1Cc1cccs1. The highest BCUT2D eigenvalue weighted by atomic mass is 32.1. The lowest BCUT2D eigenvalue weighted by molar-refractivity contribution is 0.610. The Morgan fingerprint density at radius 3 is 2.48 bits per heavy atom. The van der Waals surface area contributed by atoms with E-state index < -0.39 is 0 Å². The second-order valence-corrected chi connectivity index (χ2v) is 7.34. The lowest BCUT2D eigenvalue weighted by atomic mass is 9.51. The number of thiophene rings is 1. The van der Waals surface area contributed by atoms with Crippen LogP contribution in [0.1, 0.15) is 16.0 Å². The Morgan fingerprint density at radius 2 is 1.72 bits per heavy atom. The van der Waals surface area contributed by atoms with E-state index in [0.717, 1.165) is 6.54 Å². The van der Waals surface area contributed by atoms with Gasteiger partial charge in [0.05, 0.1) is 0 Å². The molecule has 3 aromatic rings. The molecular formula is C22H20BNS. The number of nitrogens with zero attached hydrogens (tertiary/aromatic N) is 1. The zero-order valence-corrected chi connectivity index (χ0v) is 15.1. The monoisotopic (exact) mass is 341 g/mol. The summed E-state index contributed by atoms with van der Waals surface area (Å²) in [5.74, 6) is 2.31. The molecule has 0 spiro atoms. The maximum Gasteiger partial charge on any atom is 0.316 e. The number of hydrogen-bond donors (Lipinski definition) is 0.